The van der Waals surface area contributed by atoms with Crippen molar-refractivity contribution in [2.24, 2.45) is 0 Å². The Labute approximate surface area is 128 Å². The van der Waals surface area contributed by atoms with Crippen LogP contribution in [0.25, 0.3) is 0 Å². The number of benzene rings is 1. The van der Waals surface area contributed by atoms with E-state index in [0.717, 1.165) is 27.9 Å². The Morgan fingerprint density at radius 1 is 1.30 bits per heavy atom. The van der Waals surface area contributed by atoms with Gasteiger partial charge in [0.25, 0.3) is 0 Å². The van der Waals surface area contributed by atoms with Crippen LogP contribution in [0.5, 0.6) is 5.75 Å². The van der Waals surface area contributed by atoms with Gasteiger partial charge in [-0.3, -0.25) is 4.98 Å². The molecule has 1 atom stereocenters. The van der Waals surface area contributed by atoms with Gasteiger partial charge in [-0.05, 0) is 38.2 Å². The molecule has 0 aliphatic rings. The van der Waals surface area contributed by atoms with Gasteiger partial charge < -0.3 is 10.1 Å². The van der Waals surface area contributed by atoms with E-state index in [1.54, 1.807) is 0 Å². The van der Waals surface area contributed by atoms with Crippen molar-refractivity contribution in [2.45, 2.75) is 19.4 Å². The first kappa shape index (κ1) is 15.0. The highest BCUT2D eigenvalue weighted by atomic mass is 79.9. The molecule has 20 heavy (non-hydrogen) atoms. The van der Waals surface area contributed by atoms with Gasteiger partial charge in [0.1, 0.15) is 5.75 Å². The number of pyridine rings is 1. The van der Waals surface area contributed by atoms with Gasteiger partial charge in [0.05, 0.1) is 6.61 Å². The molecule has 0 saturated heterocycles. The highest BCUT2D eigenvalue weighted by Crippen LogP contribution is 2.28. The van der Waals surface area contributed by atoms with E-state index in [9.17, 15) is 0 Å². The van der Waals surface area contributed by atoms with Crippen LogP contribution in [0.1, 0.15) is 24.2 Å². The van der Waals surface area contributed by atoms with Gasteiger partial charge in [-0.15, -0.1) is 0 Å². The third-order valence-corrected chi connectivity index (χ3v) is 3.71. The number of hydrogen-bond donors (Lipinski definition) is 1. The summed E-state index contributed by atoms with van der Waals surface area (Å²) in [5, 5.41) is 3.24. The number of hydrogen-bond acceptors (Lipinski definition) is 3. The fraction of sp³-hybridized carbons (Fsp3) is 0.312. The lowest BCUT2D eigenvalue weighted by molar-refractivity contribution is 0.314. The van der Waals surface area contributed by atoms with Crippen LogP contribution in [0.3, 0.4) is 0 Å². The number of nitrogens with one attached hydrogen (secondary N) is 1. The van der Waals surface area contributed by atoms with Gasteiger partial charge in [-0.25, -0.2) is 0 Å². The third kappa shape index (κ3) is 4.05. The van der Waals surface area contributed by atoms with Crippen molar-refractivity contribution in [3.05, 3.63) is 58.3 Å². The standard InChI is InChI=1S/C16H19BrN2O/c1-12(18-2)15-7-6-13(17)11-16(15)20-10-8-14-5-3-4-9-19-14/h3-7,9,11-12,18H,8,10H2,1-2H3. The molecule has 0 fully saturated rings. The van der Waals surface area contributed by atoms with Crippen LogP contribution in [0.15, 0.2) is 47.1 Å². The summed E-state index contributed by atoms with van der Waals surface area (Å²) in [4.78, 5) is 4.30. The predicted octanol–water partition coefficient (Wildman–Crippen LogP) is 3.75. The van der Waals surface area contributed by atoms with Crippen LogP contribution < -0.4 is 10.1 Å². The van der Waals surface area contributed by atoms with Gasteiger partial charge in [0.15, 0.2) is 0 Å². The maximum atomic E-state index is 5.93. The van der Waals surface area contributed by atoms with Crippen molar-refractivity contribution in [1.29, 1.82) is 0 Å². The zero-order valence-corrected chi connectivity index (χ0v) is 13.4. The normalized spacial score (nSPS) is 12.2. The fourth-order valence-corrected chi connectivity index (χ4v) is 2.30. The minimum Gasteiger partial charge on any atom is -0.493 e. The molecule has 106 valence electrons. The van der Waals surface area contributed by atoms with E-state index in [1.165, 1.54) is 0 Å². The fourth-order valence-electron chi connectivity index (χ4n) is 1.96. The van der Waals surface area contributed by atoms with E-state index in [-0.39, 0.29) is 6.04 Å². The largest absolute Gasteiger partial charge is 0.493 e. The molecular formula is C16H19BrN2O. The average molecular weight is 335 g/mol. The molecule has 1 heterocycles. The van der Waals surface area contributed by atoms with Crippen LogP contribution in [0.4, 0.5) is 0 Å². The maximum absolute atomic E-state index is 5.93. The lowest BCUT2D eigenvalue weighted by Crippen LogP contribution is -2.14. The van der Waals surface area contributed by atoms with Gasteiger partial charge in [0.2, 0.25) is 0 Å². The highest BCUT2D eigenvalue weighted by molar-refractivity contribution is 9.10. The summed E-state index contributed by atoms with van der Waals surface area (Å²) < 4.78 is 6.96. The van der Waals surface area contributed by atoms with Gasteiger partial charge in [-0.2, -0.15) is 0 Å². The molecule has 1 aromatic heterocycles. The second kappa shape index (κ2) is 7.41. The van der Waals surface area contributed by atoms with Gasteiger partial charge in [0, 0.05) is 34.4 Å². The summed E-state index contributed by atoms with van der Waals surface area (Å²) in [6.07, 6.45) is 2.61. The van der Waals surface area contributed by atoms with Crippen LogP contribution >= 0.6 is 15.9 Å². The molecule has 0 spiro atoms. The Hall–Kier alpha value is -1.39. The molecule has 1 N–H and O–H groups in total. The molecule has 0 bridgehead atoms. The minimum atomic E-state index is 0.257. The molecule has 0 aliphatic heterocycles. The molecule has 4 heteroatoms. The van der Waals surface area contributed by atoms with Crippen LogP contribution in [0, 0.1) is 0 Å². The SMILES string of the molecule is CNC(C)c1ccc(Br)cc1OCCc1ccccn1. The van der Waals surface area contributed by atoms with E-state index < -0.39 is 0 Å². The highest BCUT2D eigenvalue weighted by Gasteiger charge is 2.10. The molecule has 2 rings (SSSR count). The first-order chi connectivity index (χ1) is 9.70. The van der Waals surface area contributed by atoms with E-state index in [0.29, 0.717) is 6.61 Å². The van der Waals surface area contributed by atoms with Crippen molar-refractivity contribution in [3.8, 4) is 5.75 Å². The molecule has 0 aliphatic carbocycles. The summed E-state index contributed by atoms with van der Waals surface area (Å²) in [7, 11) is 1.95. The van der Waals surface area contributed by atoms with Crippen molar-refractivity contribution in [2.75, 3.05) is 13.7 Å². The summed E-state index contributed by atoms with van der Waals surface area (Å²) >= 11 is 3.49. The molecule has 1 unspecified atom stereocenters. The summed E-state index contributed by atoms with van der Waals surface area (Å²) in [6.45, 7) is 2.74. The monoisotopic (exact) mass is 334 g/mol. The third-order valence-electron chi connectivity index (χ3n) is 3.22. The minimum absolute atomic E-state index is 0.257. The molecule has 0 radical (unpaired) electrons. The molecular weight excluding hydrogens is 316 g/mol. The topological polar surface area (TPSA) is 34.1 Å². The molecule has 2 aromatic rings. The first-order valence-corrected chi connectivity index (χ1v) is 7.49. The number of halogens is 1. The van der Waals surface area contributed by atoms with Gasteiger partial charge in [-0.1, -0.05) is 28.1 Å². The predicted molar refractivity (Wildman–Crippen MR) is 85.1 cm³/mol. The first-order valence-electron chi connectivity index (χ1n) is 6.70. The molecule has 3 nitrogen and oxygen atoms in total. The zero-order chi connectivity index (χ0) is 14.4. The Morgan fingerprint density at radius 3 is 2.85 bits per heavy atom. The van der Waals surface area contributed by atoms with Gasteiger partial charge >= 0.3 is 0 Å². The van der Waals surface area contributed by atoms with Crippen LogP contribution in [0.2, 0.25) is 0 Å². The Balaban J connectivity index is 2.03. The number of ether oxygens (including phenoxy) is 1. The Bertz CT molecular complexity index is 545. The lowest BCUT2D eigenvalue weighted by Gasteiger charge is -2.17. The quantitative estimate of drug-likeness (QED) is 0.873. The second-order valence-electron chi connectivity index (χ2n) is 4.61. The molecule has 1 aromatic carbocycles. The number of rotatable bonds is 6. The van der Waals surface area contributed by atoms with Crippen molar-refractivity contribution < 1.29 is 4.74 Å². The van der Waals surface area contributed by atoms with E-state index in [4.69, 9.17) is 4.74 Å². The second-order valence-corrected chi connectivity index (χ2v) is 5.53. The summed E-state index contributed by atoms with van der Waals surface area (Å²) in [5.41, 5.74) is 2.21. The van der Waals surface area contributed by atoms with E-state index in [1.807, 2.05) is 43.6 Å². The average Bonchev–Trinajstić information content (AvgIpc) is 2.48. The molecule has 0 saturated carbocycles. The molecule has 0 amide bonds. The van der Waals surface area contributed by atoms with E-state index >= 15 is 0 Å². The lowest BCUT2D eigenvalue weighted by atomic mass is 10.1. The number of nitrogens with zero attached hydrogens (tertiary/aromatic N) is 1. The maximum Gasteiger partial charge on any atom is 0.125 e. The van der Waals surface area contributed by atoms with Crippen LogP contribution in [-0.4, -0.2) is 18.6 Å². The Morgan fingerprint density at radius 2 is 2.15 bits per heavy atom. The van der Waals surface area contributed by atoms with E-state index in [2.05, 4.69) is 39.2 Å². The smallest absolute Gasteiger partial charge is 0.125 e. The summed E-state index contributed by atoms with van der Waals surface area (Å²) in [5.74, 6) is 0.914. The van der Waals surface area contributed by atoms with Crippen molar-refractivity contribution in [1.82, 2.24) is 10.3 Å². The van der Waals surface area contributed by atoms with Crippen molar-refractivity contribution in [3.63, 3.8) is 0 Å². The van der Waals surface area contributed by atoms with Crippen LogP contribution in [-0.2, 0) is 6.42 Å². The van der Waals surface area contributed by atoms with Crippen molar-refractivity contribution >= 4 is 15.9 Å². The Kier molecular flexibility index (Phi) is 5.56. The zero-order valence-electron chi connectivity index (χ0n) is 11.8. The number of aromatic nitrogens is 1. The summed E-state index contributed by atoms with van der Waals surface area (Å²) in [6, 6.07) is 12.3.